The normalized spacial score (nSPS) is 28.5. The van der Waals surface area contributed by atoms with E-state index in [0.717, 1.165) is 51.1 Å². The number of anilines is 1. The smallest absolute Gasteiger partial charge is 0.168 e. The molecule has 8 heteroatoms. The van der Waals surface area contributed by atoms with Crippen LogP contribution in [-0.4, -0.2) is 54.0 Å². The van der Waals surface area contributed by atoms with Gasteiger partial charge in [-0.25, -0.2) is 13.2 Å². The van der Waals surface area contributed by atoms with Gasteiger partial charge in [0.25, 0.3) is 0 Å². The van der Waals surface area contributed by atoms with Gasteiger partial charge in [0.15, 0.2) is 11.6 Å². The number of halogens is 3. The Bertz CT molecular complexity index is 920. The van der Waals surface area contributed by atoms with Gasteiger partial charge in [0, 0.05) is 50.5 Å². The number of rotatable bonds is 5. The summed E-state index contributed by atoms with van der Waals surface area (Å²) in [6.07, 6.45) is 5.83. The Balaban J connectivity index is 1.14. The predicted octanol–water partition coefficient (Wildman–Crippen LogP) is 4.50. The molecule has 1 aromatic carbocycles. The van der Waals surface area contributed by atoms with Gasteiger partial charge in [-0.05, 0) is 68.1 Å². The molecule has 0 bridgehead atoms. The highest BCUT2D eigenvalue weighted by Gasteiger charge is 2.41. The highest BCUT2D eigenvalue weighted by Crippen LogP contribution is 2.39. The minimum atomic E-state index is -1.23. The summed E-state index contributed by atoms with van der Waals surface area (Å²) >= 11 is 0. The van der Waals surface area contributed by atoms with Crippen LogP contribution in [0, 0.1) is 35.2 Å². The average molecular weight is 447 g/mol. The van der Waals surface area contributed by atoms with Crippen molar-refractivity contribution >= 4 is 5.82 Å². The second-order valence-electron chi connectivity index (χ2n) is 9.51. The van der Waals surface area contributed by atoms with Crippen LogP contribution in [0.25, 0.3) is 11.3 Å². The Morgan fingerprint density at radius 2 is 1.81 bits per heavy atom. The molecule has 0 radical (unpaired) electrons. The van der Waals surface area contributed by atoms with Crippen molar-refractivity contribution in [3.8, 4) is 11.3 Å². The van der Waals surface area contributed by atoms with E-state index in [1.165, 1.54) is 25.8 Å². The highest BCUT2D eigenvalue weighted by molar-refractivity contribution is 5.60. The summed E-state index contributed by atoms with van der Waals surface area (Å²) in [5, 5.41) is 11.5. The number of nitrogens with one attached hydrogen (secondary N) is 1. The first-order chi connectivity index (χ1) is 15.5. The average Bonchev–Trinajstić information content (AvgIpc) is 3.19. The molecule has 0 spiro atoms. The first-order valence-corrected chi connectivity index (χ1v) is 11.6. The molecule has 0 amide bonds. The summed E-state index contributed by atoms with van der Waals surface area (Å²) in [7, 11) is 0. The van der Waals surface area contributed by atoms with E-state index in [1.807, 2.05) is 0 Å². The van der Waals surface area contributed by atoms with Crippen molar-refractivity contribution in [2.75, 3.05) is 38.2 Å². The lowest BCUT2D eigenvalue weighted by Gasteiger charge is -2.24. The molecule has 2 aromatic rings. The van der Waals surface area contributed by atoms with Crippen LogP contribution in [0.3, 0.4) is 0 Å². The fourth-order valence-electron chi connectivity index (χ4n) is 5.69. The van der Waals surface area contributed by atoms with Crippen molar-refractivity contribution in [3.63, 3.8) is 0 Å². The molecule has 4 atom stereocenters. The highest BCUT2D eigenvalue weighted by atomic mass is 19.2. The number of hydrogen-bond acceptors (Lipinski definition) is 5. The molecular formula is C24H29F3N4O. The molecule has 5 rings (SSSR count). The van der Waals surface area contributed by atoms with Crippen molar-refractivity contribution in [2.45, 2.75) is 38.1 Å². The number of aromatic nitrogens is 2. The molecule has 2 unspecified atom stereocenters. The number of nitrogens with zero attached hydrogens (tertiary/aromatic N) is 3. The SMILES string of the molecule is Fc1cc(F)c(F)c(-c2ccc(NC3C[C@@H]4CN(CC5CCCOCC5)C[C@@H]4C3)nn2)c1. The van der Waals surface area contributed by atoms with Gasteiger partial charge in [-0.3, -0.25) is 0 Å². The molecule has 1 aliphatic carbocycles. The van der Waals surface area contributed by atoms with Crippen LogP contribution < -0.4 is 5.32 Å². The Morgan fingerprint density at radius 3 is 2.56 bits per heavy atom. The predicted molar refractivity (Wildman–Crippen MR) is 116 cm³/mol. The van der Waals surface area contributed by atoms with Crippen molar-refractivity contribution in [2.24, 2.45) is 17.8 Å². The lowest BCUT2D eigenvalue weighted by Crippen LogP contribution is -2.30. The van der Waals surface area contributed by atoms with Crippen molar-refractivity contribution in [1.82, 2.24) is 15.1 Å². The number of fused-ring (bicyclic) bond motifs is 1. The lowest BCUT2D eigenvalue weighted by atomic mass is 10.00. The summed E-state index contributed by atoms with van der Waals surface area (Å²) in [6.45, 7) is 5.33. The largest absolute Gasteiger partial charge is 0.381 e. The quantitative estimate of drug-likeness (QED) is 0.686. The Morgan fingerprint density at radius 1 is 1.00 bits per heavy atom. The van der Waals surface area contributed by atoms with Gasteiger partial charge in [-0.15, -0.1) is 10.2 Å². The number of hydrogen-bond donors (Lipinski definition) is 1. The summed E-state index contributed by atoms with van der Waals surface area (Å²) in [5.74, 6) is -0.435. The molecule has 3 fully saturated rings. The van der Waals surface area contributed by atoms with Crippen LogP contribution in [0.1, 0.15) is 32.1 Å². The Kier molecular flexibility index (Phi) is 6.33. The summed E-state index contributed by atoms with van der Waals surface area (Å²) in [4.78, 5) is 2.64. The molecule has 32 heavy (non-hydrogen) atoms. The van der Waals surface area contributed by atoms with Crippen LogP contribution in [-0.2, 0) is 4.74 Å². The van der Waals surface area contributed by atoms with Crippen LogP contribution in [0.4, 0.5) is 19.0 Å². The zero-order valence-corrected chi connectivity index (χ0v) is 18.1. The Hall–Kier alpha value is -2.19. The zero-order chi connectivity index (χ0) is 22.1. The van der Waals surface area contributed by atoms with Gasteiger partial charge in [-0.1, -0.05) is 0 Å². The number of ether oxygens (including phenoxy) is 1. The molecule has 1 N–H and O–H groups in total. The van der Waals surface area contributed by atoms with E-state index < -0.39 is 17.5 Å². The molecular weight excluding hydrogens is 417 g/mol. The van der Waals surface area contributed by atoms with E-state index in [9.17, 15) is 13.2 Å². The van der Waals surface area contributed by atoms with Gasteiger partial charge in [-0.2, -0.15) is 0 Å². The summed E-state index contributed by atoms with van der Waals surface area (Å²) in [5.41, 5.74) is -0.119. The molecule has 2 aliphatic heterocycles. The van der Waals surface area contributed by atoms with E-state index in [0.29, 0.717) is 29.8 Å². The molecule has 2 saturated heterocycles. The van der Waals surface area contributed by atoms with Gasteiger partial charge < -0.3 is 15.0 Å². The number of likely N-dealkylation sites (tertiary alicyclic amines) is 1. The fraction of sp³-hybridized carbons (Fsp3) is 0.583. The Labute approximate surface area is 186 Å². The molecule has 172 valence electrons. The first-order valence-electron chi connectivity index (χ1n) is 11.6. The third kappa shape index (κ3) is 4.76. The molecule has 1 saturated carbocycles. The molecule has 5 nitrogen and oxygen atoms in total. The van der Waals surface area contributed by atoms with Gasteiger partial charge in [0.1, 0.15) is 11.6 Å². The standard InChI is InChI=1S/C24H29F3N4O/c25-18-10-20(24(27)21(26)11-18)22-3-4-23(30-29-22)28-19-8-16-13-31(14-17(16)9-19)12-15-2-1-6-32-7-5-15/h3-4,10-11,15-17,19H,1-2,5-9,12-14H2,(H,28,30)/t15?,16-,17+,19?. The lowest BCUT2D eigenvalue weighted by molar-refractivity contribution is 0.138. The maximum atomic E-state index is 14.0. The van der Waals surface area contributed by atoms with Gasteiger partial charge in [0.05, 0.1) is 5.69 Å². The van der Waals surface area contributed by atoms with E-state index in [2.05, 4.69) is 20.4 Å². The monoisotopic (exact) mass is 446 g/mol. The molecule has 3 heterocycles. The van der Waals surface area contributed by atoms with E-state index >= 15 is 0 Å². The maximum Gasteiger partial charge on any atom is 0.168 e. The van der Waals surface area contributed by atoms with Crippen LogP contribution in [0.2, 0.25) is 0 Å². The van der Waals surface area contributed by atoms with Gasteiger partial charge in [0.2, 0.25) is 0 Å². The van der Waals surface area contributed by atoms with E-state index in [-0.39, 0.29) is 11.3 Å². The van der Waals surface area contributed by atoms with Crippen molar-refractivity contribution < 1.29 is 17.9 Å². The van der Waals surface area contributed by atoms with E-state index in [4.69, 9.17) is 4.74 Å². The topological polar surface area (TPSA) is 50.3 Å². The van der Waals surface area contributed by atoms with Crippen molar-refractivity contribution in [1.29, 1.82) is 0 Å². The third-order valence-electron chi connectivity index (χ3n) is 7.20. The first kappa shape index (κ1) is 21.6. The third-order valence-corrected chi connectivity index (χ3v) is 7.20. The summed E-state index contributed by atoms with van der Waals surface area (Å²) in [6, 6.07) is 5.02. The number of benzene rings is 1. The van der Waals surface area contributed by atoms with Crippen LogP contribution >= 0.6 is 0 Å². The van der Waals surface area contributed by atoms with Crippen LogP contribution in [0.5, 0.6) is 0 Å². The molecule has 1 aromatic heterocycles. The zero-order valence-electron chi connectivity index (χ0n) is 18.1. The fourth-order valence-corrected chi connectivity index (χ4v) is 5.69. The van der Waals surface area contributed by atoms with Gasteiger partial charge >= 0.3 is 0 Å². The van der Waals surface area contributed by atoms with E-state index in [1.54, 1.807) is 12.1 Å². The maximum absolute atomic E-state index is 14.0. The second-order valence-corrected chi connectivity index (χ2v) is 9.51. The minimum absolute atomic E-state index is 0.106. The minimum Gasteiger partial charge on any atom is -0.381 e. The van der Waals surface area contributed by atoms with Crippen molar-refractivity contribution in [3.05, 3.63) is 41.7 Å². The van der Waals surface area contributed by atoms with Crippen LogP contribution in [0.15, 0.2) is 24.3 Å². The summed E-state index contributed by atoms with van der Waals surface area (Å²) < 4.78 is 46.5. The second kappa shape index (κ2) is 9.35. The molecule has 3 aliphatic rings.